The molecule has 0 radical (unpaired) electrons. The van der Waals surface area contributed by atoms with Crippen molar-refractivity contribution in [2.24, 2.45) is 0 Å². The largest absolute Gasteiger partial charge is 0.309 e. The number of anilines is 2. The van der Waals surface area contributed by atoms with Gasteiger partial charge in [0.05, 0.1) is 15.1 Å². The molecule has 168 valence electrons. The molecule has 1 aliphatic heterocycles. The minimum absolute atomic E-state index is 0.0106. The Labute approximate surface area is 190 Å². The van der Waals surface area contributed by atoms with E-state index >= 15 is 0 Å². The first kappa shape index (κ1) is 22.4. The molecule has 4 rings (SSSR count). The van der Waals surface area contributed by atoms with E-state index in [-0.39, 0.29) is 35.7 Å². The second kappa shape index (κ2) is 8.61. The Bertz CT molecular complexity index is 1320. The van der Waals surface area contributed by atoms with Crippen LogP contribution >= 0.6 is 11.3 Å². The van der Waals surface area contributed by atoms with Gasteiger partial charge < -0.3 is 10.2 Å². The lowest BCUT2D eigenvalue weighted by Crippen LogP contribution is -2.33. The Hall–Kier alpha value is -2.82. The number of fused-ring (bicyclic) bond motifs is 2. The number of hydrogen-bond donors (Lipinski definition) is 2. The third kappa shape index (κ3) is 4.52. The first-order chi connectivity index (χ1) is 15.1. The minimum atomic E-state index is -3.78. The van der Waals surface area contributed by atoms with E-state index in [2.05, 4.69) is 15.0 Å². The lowest BCUT2D eigenvalue weighted by atomic mass is 10.1. The number of carbonyl (C=O) groups excluding carboxylic acids is 2. The van der Waals surface area contributed by atoms with Crippen molar-refractivity contribution in [3.05, 3.63) is 47.5 Å². The van der Waals surface area contributed by atoms with E-state index < -0.39 is 10.0 Å². The molecule has 0 aliphatic carbocycles. The van der Waals surface area contributed by atoms with E-state index in [1.807, 2.05) is 32.0 Å². The van der Waals surface area contributed by atoms with E-state index in [4.69, 9.17) is 0 Å². The van der Waals surface area contributed by atoms with Gasteiger partial charge in [0.1, 0.15) is 0 Å². The number of thiazole rings is 1. The monoisotopic (exact) mass is 472 g/mol. The molecule has 2 N–H and O–H groups in total. The Morgan fingerprint density at radius 2 is 2.00 bits per heavy atom. The van der Waals surface area contributed by atoms with Gasteiger partial charge >= 0.3 is 0 Å². The smallest absolute Gasteiger partial charge is 0.240 e. The Morgan fingerprint density at radius 3 is 2.75 bits per heavy atom. The summed E-state index contributed by atoms with van der Waals surface area (Å²) in [5, 5.41) is 3.21. The van der Waals surface area contributed by atoms with Crippen molar-refractivity contribution in [3.8, 4) is 0 Å². The highest BCUT2D eigenvalue weighted by Crippen LogP contribution is 2.34. The number of amides is 2. The maximum absolute atomic E-state index is 12.7. The molecule has 1 aliphatic rings. The molecular formula is C22H24N4O4S2. The van der Waals surface area contributed by atoms with Crippen LogP contribution in [0.2, 0.25) is 0 Å². The van der Waals surface area contributed by atoms with Crippen LogP contribution in [0.15, 0.2) is 41.3 Å². The van der Waals surface area contributed by atoms with Crippen molar-refractivity contribution in [2.45, 2.75) is 44.6 Å². The van der Waals surface area contributed by atoms with Gasteiger partial charge in [-0.3, -0.25) is 9.59 Å². The SMILES string of the molecule is CC(=O)N1c2ccc(S(=O)(=O)NCCC(=O)Nc3nc4ccc(C)cc4s3)cc2C[C@@H]1C. The lowest BCUT2D eigenvalue weighted by Gasteiger charge is -2.20. The second-order valence-corrected chi connectivity index (χ2v) is 10.7. The molecule has 0 unspecified atom stereocenters. The van der Waals surface area contributed by atoms with Crippen LogP contribution in [-0.4, -0.2) is 37.8 Å². The first-order valence-electron chi connectivity index (χ1n) is 10.2. The molecule has 0 fully saturated rings. The van der Waals surface area contributed by atoms with Crippen molar-refractivity contribution < 1.29 is 18.0 Å². The lowest BCUT2D eigenvalue weighted by molar-refractivity contribution is -0.117. The van der Waals surface area contributed by atoms with Crippen LogP contribution in [0.25, 0.3) is 10.2 Å². The van der Waals surface area contributed by atoms with Gasteiger partial charge in [0, 0.05) is 31.6 Å². The molecule has 0 saturated carbocycles. The molecule has 2 amide bonds. The van der Waals surface area contributed by atoms with Crippen LogP contribution in [-0.2, 0) is 26.0 Å². The molecule has 1 aromatic heterocycles. The summed E-state index contributed by atoms with van der Waals surface area (Å²) < 4.78 is 28.8. The summed E-state index contributed by atoms with van der Waals surface area (Å²) in [6.45, 7) is 5.38. The molecule has 8 nitrogen and oxygen atoms in total. The van der Waals surface area contributed by atoms with Crippen LogP contribution in [0.5, 0.6) is 0 Å². The van der Waals surface area contributed by atoms with Gasteiger partial charge in [-0.05, 0) is 61.7 Å². The highest BCUT2D eigenvalue weighted by atomic mass is 32.2. The summed E-state index contributed by atoms with van der Waals surface area (Å²) in [5.41, 5.74) is 3.49. The number of nitrogens with zero attached hydrogens (tertiary/aromatic N) is 2. The van der Waals surface area contributed by atoms with Crippen LogP contribution in [0.1, 0.15) is 31.4 Å². The zero-order valence-electron chi connectivity index (χ0n) is 18.0. The minimum Gasteiger partial charge on any atom is -0.309 e. The summed E-state index contributed by atoms with van der Waals surface area (Å²) in [4.78, 5) is 30.3. The van der Waals surface area contributed by atoms with Crippen LogP contribution < -0.4 is 14.9 Å². The van der Waals surface area contributed by atoms with Crippen molar-refractivity contribution in [2.75, 3.05) is 16.8 Å². The maximum atomic E-state index is 12.7. The number of aromatic nitrogens is 1. The van der Waals surface area contributed by atoms with Crippen molar-refractivity contribution in [1.29, 1.82) is 0 Å². The molecular weight excluding hydrogens is 448 g/mol. The summed E-state index contributed by atoms with van der Waals surface area (Å²) in [6.07, 6.45) is 0.580. The van der Waals surface area contributed by atoms with E-state index in [0.717, 1.165) is 27.0 Å². The van der Waals surface area contributed by atoms with Crippen LogP contribution in [0.4, 0.5) is 10.8 Å². The fraction of sp³-hybridized carbons (Fsp3) is 0.318. The molecule has 0 spiro atoms. The highest BCUT2D eigenvalue weighted by molar-refractivity contribution is 7.89. The third-order valence-corrected chi connectivity index (χ3v) is 7.74. The van der Waals surface area contributed by atoms with Gasteiger partial charge in [-0.25, -0.2) is 18.1 Å². The van der Waals surface area contributed by atoms with Crippen LogP contribution in [0.3, 0.4) is 0 Å². The fourth-order valence-electron chi connectivity index (χ4n) is 3.90. The topological polar surface area (TPSA) is 108 Å². The zero-order valence-corrected chi connectivity index (χ0v) is 19.6. The Balaban J connectivity index is 1.36. The number of sulfonamides is 1. The van der Waals surface area contributed by atoms with Crippen molar-refractivity contribution in [3.63, 3.8) is 0 Å². The van der Waals surface area contributed by atoms with Gasteiger partial charge in [0.25, 0.3) is 0 Å². The quantitative estimate of drug-likeness (QED) is 0.573. The number of aryl methyl sites for hydroxylation is 1. The molecule has 2 heterocycles. The normalized spacial score (nSPS) is 15.7. The average Bonchev–Trinajstić information content (AvgIpc) is 3.25. The van der Waals surface area contributed by atoms with Crippen LogP contribution in [0, 0.1) is 6.92 Å². The molecule has 0 saturated heterocycles. The van der Waals surface area contributed by atoms with Gasteiger partial charge in [-0.1, -0.05) is 17.4 Å². The fourth-order valence-corrected chi connectivity index (χ4v) is 5.97. The van der Waals surface area contributed by atoms with Gasteiger partial charge in [0.15, 0.2) is 5.13 Å². The van der Waals surface area contributed by atoms with E-state index in [0.29, 0.717) is 11.6 Å². The second-order valence-electron chi connectivity index (χ2n) is 7.92. The van der Waals surface area contributed by atoms with E-state index in [1.165, 1.54) is 24.3 Å². The summed E-state index contributed by atoms with van der Waals surface area (Å²) in [6, 6.07) is 10.6. The summed E-state index contributed by atoms with van der Waals surface area (Å²) in [5.74, 6) is -0.386. The molecule has 10 heteroatoms. The number of hydrogen-bond acceptors (Lipinski definition) is 6. The molecule has 3 aromatic rings. The van der Waals surface area contributed by atoms with Crippen molar-refractivity contribution in [1.82, 2.24) is 9.71 Å². The third-order valence-electron chi connectivity index (χ3n) is 5.35. The number of rotatable bonds is 6. The average molecular weight is 473 g/mol. The Kier molecular flexibility index (Phi) is 6.02. The van der Waals surface area contributed by atoms with Gasteiger partial charge in [-0.2, -0.15) is 0 Å². The summed E-state index contributed by atoms with van der Waals surface area (Å²) in [7, 11) is -3.78. The first-order valence-corrected chi connectivity index (χ1v) is 12.5. The predicted molar refractivity (Wildman–Crippen MR) is 126 cm³/mol. The molecule has 0 bridgehead atoms. The number of benzene rings is 2. The van der Waals surface area contributed by atoms with Gasteiger partial charge in [-0.15, -0.1) is 0 Å². The van der Waals surface area contributed by atoms with E-state index in [9.17, 15) is 18.0 Å². The Morgan fingerprint density at radius 1 is 1.22 bits per heavy atom. The molecule has 2 aromatic carbocycles. The highest BCUT2D eigenvalue weighted by Gasteiger charge is 2.30. The predicted octanol–water partition coefficient (Wildman–Crippen LogP) is 3.21. The number of carbonyl (C=O) groups is 2. The zero-order chi connectivity index (χ0) is 23.0. The number of nitrogens with one attached hydrogen (secondary N) is 2. The molecule has 32 heavy (non-hydrogen) atoms. The van der Waals surface area contributed by atoms with E-state index in [1.54, 1.807) is 17.0 Å². The summed E-state index contributed by atoms with van der Waals surface area (Å²) >= 11 is 1.38. The maximum Gasteiger partial charge on any atom is 0.240 e. The molecule has 1 atom stereocenters. The van der Waals surface area contributed by atoms with Gasteiger partial charge in [0.2, 0.25) is 21.8 Å². The van der Waals surface area contributed by atoms with Crippen molar-refractivity contribution >= 4 is 54.2 Å². The standard InChI is InChI=1S/C22H24N4O4S2/c1-13-4-6-18-20(10-13)31-22(24-18)25-21(28)8-9-23-32(29,30)17-5-7-19-16(12-17)11-14(2)26(19)15(3)27/h4-7,10,12,14,23H,8-9,11H2,1-3H3,(H,24,25,28)/t14-/m0/s1.